The van der Waals surface area contributed by atoms with E-state index in [0.29, 0.717) is 5.92 Å². The molecule has 122 valence electrons. The molecule has 3 N–H and O–H groups in total. The Kier molecular flexibility index (Phi) is 7.54. The molecule has 0 radical (unpaired) electrons. The number of carbonyl (C=O) groups is 2. The third kappa shape index (κ3) is 6.82. The SMILES string of the molecule is CC(C)CCC(C)NC(=O)NC(C(=O)O)C1CCCCC1. The van der Waals surface area contributed by atoms with Crippen LogP contribution in [-0.2, 0) is 4.79 Å². The molecule has 2 amide bonds. The van der Waals surface area contributed by atoms with Crippen LogP contribution in [0.2, 0.25) is 0 Å². The smallest absolute Gasteiger partial charge is 0.326 e. The minimum Gasteiger partial charge on any atom is -0.480 e. The van der Waals surface area contributed by atoms with Crippen molar-refractivity contribution in [1.29, 1.82) is 0 Å². The molecule has 1 rings (SSSR count). The minimum atomic E-state index is -0.924. The zero-order chi connectivity index (χ0) is 15.8. The monoisotopic (exact) mass is 298 g/mol. The molecule has 1 saturated carbocycles. The standard InChI is InChI=1S/C16H30N2O3/c1-11(2)9-10-12(3)17-16(21)18-14(15(19)20)13-7-5-4-6-8-13/h11-14H,4-10H2,1-3H3,(H,19,20)(H2,17,18,21). The highest BCUT2D eigenvalue weighted by atomic mass is 16.4. The molecule has 0 heterocycles. The Bertz CT molecular complexity index is 338. The predicted molar refractivity (Wildman–Crippen MR) is 83.2 cm³/mol. The maximum absolute atomic E-state index is 12.0. The average Bonchev–Trinajstić information content (AvgIpc) is 2.43. The Hall–Kier alpha value is -1.26. The summed E-state index contributed by atoms with van der Waals surface area (Å²) in [5, 5.41) is 14.8. The maximum Gasteiger partial charge on any atom is 0.326 e. The first-order valence-corrected chi connectivity index (χ1v) is 8.20. The maximum atomic E-state index is 12.0. The molecule has 0 aromatic heterocycles. The highest BCUT2D eigenvalue weighted by Gasteiger charge is 2.30. The summed E-state index contributed by atoms with van der Waals surface area (Å²) in [6, 6.07) is -1.06. The Morgan fingerprint density at radius 1 is 1.05 bits per heavy atom. The fraction of sp³-hybridized carbons (Fsp3) is 0.875. The molecule has 0 saturated heterocycles. The van der Waals surface area contributed by atoms with Gasteiger partial charge in [-0.25, -0.2) is 9.59 Å². The van der Waals surface area contributed by atoms with E-state index in [1.807, 2.05) is 6.92 Å². The van der Waals surface area contributed by atoms with E-state index in [-0.39, 0.29) is 18.0 Å². The molecule has 2 atom stereocenters. The lowest BCUT2D eigenvalue weighted by Crippen LogP contribution is -2.51. The number of carboxylic acid groups (broad SMARTS) is 1. The summed E-state index contributed by atoms with van der Waals surface area (Å²) in [6.07, 6.45) is 7.02. The normalized spacial score (nSPS) is 19.0. The van der Waals surface area contributed by atoms with Crippen LogP contribution in [0.15, 0.2) is 0 Å². The third-order valence-corrected chi connectivity index (χ3v) is 4.23. The predicted octanol–water partition coefficient (Wildman–Crippen LogP) is 3.14. The molecule has 1 fully saturated rings. The molecule has 0 aromatic rings. The van der Waals surface area contributed by atoms with E-state index in [4.69, 9.17) is 0 Å². The quantitative estimate of drug-likeness (QED) is 0.675. The Labute approximate surface area is 127 Å². The van der Waals surface area contributed by atoms with Gasteiger partial charge in [0.2, 0.25) is 0 Å². The van der Waals surface area contributed by atoms with Crippen LogP contribution in [0.1, 0.15) is 65.7 Å². The van der Waals surface area contributed by atoms with Gasteiger partial charge in [0, 0.05) is 6.04 Å². The molecule has 0 bridgehead atoms. The Morgan fingerprint density at radius 3 is 2.19 bits per heavy atom. The number of carbonyl (C=O) groups excluding carboxylic acids is 1. The van der Waals surface area contributed by atoms with Gasteiger partial charge in [-0.15, -0.1) is 0 Å². The van der Waals surface area contributed by atoms with Gasteiger partial charge in [-0.3, -0.25) is 0 Å². The van der Waals surface area contributed by atoms with Crippen molar-refractivity contribution in [3.05, 3.63) is 0 Å². The van der Waals surface area contributed by atoms with Crippen LogP contribution in [0, 0.1) is 11.8 Å². The molecule has 1 aliphatic carbocycles. The Balaban J connectivity index is 2.43. The van der Waals surface area contributed by atoms with Crippen molar-refractivity contribution >= 4 is 12.0 Å². The first kappa shape index (κ1) is 17.8. The third-order valence-electron chi connectivity index (χ3n) is 4.23. The number of hydrogen-bond acceptors (Lipinski definition) is 2. The molecular formula is C16H30N2O3. The minimum absolute atomic E-state index is 0.0629. The van der Waals surface area contributed by atoms with Crippen LogP contribution in [-0.4, -0.2) is 29.2 Å². The molecule has 2 unspecified atom stereocenters. The Morgan fingerprint density at radius 2 is 1.67 bits per heavy atom. The van der Waals surface area contributed by atoms with Gasteiger partial charge in [-0.05, 0) is 44.4 Å². The highest BCUT2D eigenvalue weighted by molar-refractivity contribution is 5.82. The summed E-state index contributed by atoms with van der Waals surface area (Å²) in [6.45, 7) is 6.25. The number of nitrogens with one attached hydrogen (secondary N) is 2. The lowest BCUT2D eigenvalue weighted by Gasteiger charge is -2.28. The van der Waals surface area contributed by atoms with Crippen molar-refractivity contribution in [3.8, 4) is 0 Å². The molecule has 21 heavy (non-hydrogen) atoms. The van der Waals surface area contributed by atoms with E-state index in [1.54, 1.807) is 0 Å². The number of urea groups is 1. The van der Waals surface area contributed by atoms with Gasteiger partial charge < -0.3 is 15.7 Å². The first-order chi connectivity index (χ1) is 9.90. The fourth-order valence-electron chi connectivity index (χ4n) is 2.91. The summed E-state index contributed by atoms with van der Waals surface area (Å²) in [5.41, 5.74) is 0. The van der Waals surface area contributed by atoms with Gasteiger partial charge in [0.25, 0.3) is 0 Å². The number of hydrogen-bond donors (Lipinski definition) is 3. The van der Waals surface area contributed by atoms with Crippen LogP contribution in [0.4, 0.5) is 4.79 Å². The van der Waals surface area contributed by atoms with E-state index in [9.17, 15) is 14.7 Å². The van der Waals surface area contributed by atoms with Crippen molar-refractivity contribution in [3.63, 3.8) is 0 Å². The molecule has 5 heteroatoms. The van der Waals surface area contributed by atoms with Gasteiger partial charge in [-0.2, -0.15) is 0 Å². The summed E-state index contributed by atoms with van der Waals surface area (Å²) in [4.78, 5) is 23.4. The van der Waals surface area contributed by atoms with Gasteiger partial charge >= 0.3 is 12.0 Å². The second-order valence-corrected chi connectivity index (χ2v) is 6.70. The van der Waals surface area contributed by atoms with Crippen LogP contribution in [0.5, 0.6) is 0 Å². The molecule has 5 nitrogen and oxygen atoms in total. The second-order valence-electron chi connectivity index (χ2n) is 6.70. The van der Waals surface area contributed by atoms with Gasteiger partial charge in [0.05, 0.1) is 0 Å². The van der Waals surface area contributed by atoms with Crippen LogP contribution in [0.3, 0.4) is 0 Å². The number of carboxylic acids is 1. The number of aliphatic carboxylic acids is 1. The van der Waals surface area contributed by atoms with E-state index < -0.39 is 12.0 Å². The number of rotatable bonds is 7. The number of amides is 2. The van der Waals surface area contributed by atoms with E-state index in [0.717, 1.165) is 38.5 Å². The van der Waals surface area contributed by atoms with Crippen molar-refractivity contribution in [2.45, 2.75) is 77.8 Å². The molecular weight excluding hydrogens is 268 g/mol. The van der Waals surface area contributed by atoms with Crippen molar-refractivity contribution in [1.82, 2.24) is 10.6 Å². The lowest BCUT2D eigenvalue weighted by molar-refractivity contribution is -0.141. The van der Waals surface area contributed by atoms with Gasteiger partial charge in [0.15, 0.2) is 0 Å². The van der Waals surface area contributed by atoms with E-state index in [1.165, 1.54) is 6.42 Å². The molecule has 0 aliphatic heterocycles. The van der Waals surface area contributed by atoms with Crippen LogP contribution >= 0.6 is 0 Å². The largest absolute Gasteiger partial charge is 0.480 e. The van der Waals surface area contributed by atoms with Crippen molar-refractivity contribution in [2.75, 3.05) is 0 Å². The summed E-state index contributed by atoms with van der Waals surface area (Å²) in [5.74, 6) is -0.258. The fourth-order valence-corrected chi connectivity index (χ4v) is 2.91. The van der Waals surface area contributed by atoms with Crippen molar-refractivity contribution in [2.24, 2.45) is 11.8 Å². The molecule has 1 aliphatic rings. The highest BCUT2D eigenvalue weighted by Crippen LogP contribution is 2.26. The molecule has 0 aromatic carbocycles. The zero-order valence-corrected chi connectivity index (χ0v) is 13.5. The topological polar surface area (TPSA) is 78.4 Å². The molecule has 0 spiro atoms. The summed E-state index contributed by atoms with van der Waals surface area (Å²) in [7, 11) is 0. The van der Waals surface area contributed by atoms with Crippen LogP contribution in [0.25, 0.3) is 0 Å². The van der Waals surface area contributed by atoms with Gasteiger partial charge in [-0.1, -0.05) is 33.1 Å². The first-order valence-electron chi connectivity index (χ1n) is 8.20. The van der Waals surface area contributed by atoms with E-state index in [2.05, 4.69) is 24.5 Å². The lowest BCUT2D eigenvalue weighted by atomic mass is 9.84. The van der Waals surface area contributed by atoms with Gasteiger partial charge in [0.1, 0.15) is 6.04 Å². The second kappa shape index (κ2) is 8.90. The summed E-state index contributed by atoms with van der Waals surface area (Å²) >= 11 is 0. The van der Waals surface area contributed by atoms with E-state index >= 15 is 0 Å². The van der Waals surface area contributed by atoms with Crippen molar-refractivity contribution < 1.29 is 14.7 Å². The average molecular weight is 298 g/mol. The zero-order valence-electron chi connectivity index (χ0n) is 13.5. The van der Waals surface area contributed by atoms with Crippen LogP contribution < -0.4 is 10.6 Å². The summed E-state index contributed by atoms with van der Waals surface area (Å²) < 4.78 is 0.